The summed E-state index contributed by atoms with van der Waals surface area (Å²) in [7, 11) is 0. The molecule has 1 saturated heterocycles. The molecule has 15 heavy (non-hydrogen) atoms. The van der Waals surface area contributed by atoms with Crippen LogP contribution >= 0.6 is 15.9 Å². The van der Waals surface area contributed by atoms with Gasteiger partial charge in [-0.15, -0.1) is 0 Å². The van der Waals surface area contributed by atoms with Crippen molar-refractivity contribution in [2.24, 2.45) is 0 Å². The van der Waals surface area contributed by atoms with Gasteiger partial charge in [0.05, 0.1) is 12.4 Å². The van der Waals surface area contributed by atoms with Gasteiger partial charge in [-0.3, -0.25) is 0 Å². The van der Waals surface area contributed by atoms with E-state index >= 15 is 0 Å². The number of anilines is 1. The van der Waals surface area contributed by atoms with E-state index in [1.807, 2.05) is 6.20 Å². The van der Waals surface area contributed by atoms with Crippen LogP contribution in [0.5, 0.6) is 0 Å². The molecule has 2 rings (SSSR count). The van der Waals surface area contributed by atoms with Crippen LogP contribution < -0.4 is 4.90 Å². The van der Waals surface area contributed by atoms with Gasteiger partial charge < -0.3 is 9.80 Å². The van der Waals surface area contributed by atoms with Gasteiger partial charge in [-0.1, -0.05) is 6.92 Å². The highest BCUT2D eigenvalue weighted by Gasteiger charge is 2.16. The third kappa shape index (κ3) is 2.66. The van der Waals surface area contributed by atoms with Crippen molar-refractivity contribution in [1.82, 2.24) is 14.9 Å². The fraction of sp³-hybridized carbons (Fsp3) is 0.600. The maximum atomic E-state index is 4.35. The van der Waals surface area contributed by atoms with Crippen molar-refractivity contribution >= 4 is 21.7 Å². The quantitative estimate of drug-likeness (QED) is 0.813. The number of hydrogen-bond donors (Lipinski definition) is 0. The maximum absolute atomic E-state index is 4.35. The van der Waals surface area contributed by atoms with E-state index in [0.717, 1.165) is 43.1 Å². The third-order valence-electron chi connectivity index (χ3n) is 2.75. The Bertz CT molecular complexity index is 306. The highest BCUT2D eigenvalue weighted by molar-refractivity contribution is 9.10. The van der Waals surface area contributed by atoms with Gasteiger partial charge in [0.2, 0.25) is 0 Å². The van der Waals surface area contributed by atoms with E-state index in [1.165, 1.54) is 0 Å². The van der Waals surface area contributed by atoms with Crippen molar-refractivity contribution in [2.45, 2.75) is 6.92 Å². The van der Waals surface area contributed by atoms with Crippen LogP contribution in [0.15, 0.2) is 17.0 Å². The van der Waals surface area contributed by atoms with Crippen LogP contribution in [0.4, 0.5) is 5.82 Å². The zero-order chi connectivity index (χ0) is 10.7. The zero-order valence-corrected chi connectivity index (χ0v) is 10.4. The Morgan fingerprint density at radius 1 is 1.20 bits per heavy atom. The van der Waals surface area contributed by atoms with Gasteiger partial charge in [0.1, 0.15) is 10.4 Å². The molecule has 1 aliphatic rings. The van der Waals surface area contributed by atoms with E-state index in [4.69, 9.17) is 0 Å². The van der Waals surface area contributed by atoms with E-state index in [0.29, 0.717) is 0 Å². The lowest BCUT2D eigenvalue weighted by atomic mass is 10.3. The summed E-state index contributed by atoms with van der Waals surface area (Å²) < 4.78 is 0.790. The van der Waals surface area contributed by atoms with Crippen LogP contribution in [0.25, 0.3) is 0 Å². The molecule has 0 spiro atoms. The predicted octanol–water partition coefficient (Wildman–Crippen LogP) is 1.38. The highest BCUT2D eigenvalue weighted by Crippen LogP contribution is 2.13. The summed E-state index contributed by atoms with van der Waals surface area (Å²) in [5.74, 6) is 0.981. The van der Waals surface area contributed by atoms with Crippen molar-refractivity contribution in [3.8, 4) is 0 Å². The Morgan fingerprint density at radius 3 is 2.47 bits per heavy atom. The van der Waals surface area contributed by atoms with Crippen molar-refractivity contribution < 1.29 is 0 Å². The number of nitrogens with zero attached hydrogens (tertiary/aromatic N) is 4. The van der Waals surface area contributed by atoms with Crippen molar-refractivity contribution in [2.75, 3.05) is 37.6 Å². The van der Waals surface area contributed by atoms with Crippen LogP contribution in [0.3, 0.4) is 0 Å². The molecular formula is C10H15BrN4. The second-order valence-electron chi connectivity index (χ2n) is 3.62. The summed E-state index contributed by atoms with van der Waals surface area (Å²) >= 11 is 3.29. The minimum absolute atomic E-state index is 0.790. The highest BCUT2D eigenvalue weighted by atomic mass is 79.9. The Morgan fingerprint density at radius 2 is 1.93 bits per heavy atom. The first-order chi connectivity index (χ1) is 7.29. The number of rotatable bonds is 2. The predicted molar refractivity (Wildman–Crippen MR) is 64.1 cm³/mol. The topological polar surface area (TPSA) is 32.3 Å². The van der Waals surface area contributed by atoms with Gasteiger partial charge in [0.25, 0.3) is 0 Å². The van der Waals surface area contributed by atoms with Crippen LogP contribution in [0.2, 0.25) is 0 Å². The number of likely N-dealkylation sites (N-methyl/N-ethyl adjacent to an activating group) is 1. The number of piperazine rings is 1. The molecule has 0 radical (unpaired) electrons. The second-order valence-corrected chi connectivity index (χ2v) is 4.43. The maximum Gasteiger partial charge on any atom is 0.147 e. The molecule has 0 aliphatic carbocycles. The Hall–Kier alpha value is -0.680. The van der Waals surface area contributed by atoms with Crippen LogP contribution in [-0.4, -0.2) is 47.6 Å². The molecule has 0 N–H and O–H groups in total. The Balaban J connectivity index is 1.98. The Labute approximate surface area is 98.4 Å². The lowest BCUT2D eigenvalue weighted by molar-refractivity contribution is 0.270. The standard InChI is InChI=1S/C10H15BrN4/c1-2-14-3-5-15(6-4-14)10-8-12-9(11)7-13-10/h7-8H,2-6H2,1H3. The molecule has 0 amide bonds. The van der Waals surface area contributed by atoms with Gasteiger partial charge in [0, 0.05) is 26.2 Å². The van der Waals surface area contributed by atoms with Crippen molar-refractivity contribution in [3.63, 3.8) is 0 Å². The molecule has 5 heteroatoms. The fourth-order valence-electron chi connectivity index (χ4n) is 1.76. The molecule has 1 fully saturated rings. The summed E-state index contributed by atoms with van der Waals surface area (Å²) in [5.41, 5.74) is 0. The molecule has 0 unspecified atom stereocenters. The van der Waals surface area contributed by atoms with Crippen LogP contribution in [-0.2, 0) is 0 Å². The first-order valence-electron chi connectivity index (χ1n) is 5.24. The molecule has 0 aromatic carbocycles. The molecular weight excluding hydrogens is 256 g/mol. The number of aromatic nitrogens is 2. The van der Waals surface area contributed by atoms with Gasteiger partial charge in [-0.05, 0) is 22.5 Å². The second kappa shape index (κ2) is 4.90. The molecule has 82 valence electrons. The molecule has 0 saturated carbocycles. The number of halogens is 1. The van der Waals surface area contributed by atoms with E-state index in [9.17, 15) is 0 Å². The minimum atomic E-state index is 0.790. The smallest absolute Gasteiger partial charge is 0.147 e. The van der Waals surface area contributed by atoms with E-state index < -0.39 is 0 Å². The lowest BCUT2D eigenvalue weighted by Gasteiger charge is -2.34. The summed E-state index contributed by atoms with van der Waals surface area (Å²) in [6.45, 7) is 7.67. The van der Waals surface area contributed by atoms with Gasteiger partial charge in [0.15, 0.2) is 0 Å². The van der Waals surface area contributed by atoms with Crippen LogP contribution in [0.1, 0.15) is 6.92 Å². The molecule has 0 bridgehead atoms. The fourth-order valence-corrected chi connectivity index (χ4v) is 1.97. The minimum Gasteiger partial charge on any atom is -0.353 e. The molecule has 1 aromatic rings. The average molecular weight is 271 g/mol. The van der Waals surface area contributed by atoms with Gasteiger partial charge in [-0.25, -0.2) is 9.97 Å². The van der Waals surface area contributed by atoms with Crippen molar-refractivity contribution in [3.05, 3.63) is 17.0 Å². The first-order valence-corrected chi connectivity index (χ1v) is 6.03. The molecule has 2 heterocycles. The molecule has 1 aromatic heterocycles. The molecule has 0 atom stereocenters. The van der Waals surface area contributed by atoms with E-state index in [-0.39, 0.29) is 0 Å². The normalized spacial score (nSPS) is 18.1. The zero-order valence-electron chi connectivity index (χ0n) is 8.86. The van der Waals surface area contributed by atoms with E-state index in [2.05, 4.69) is 42.6 Å². The summed E-state index contributed by atoms with van der Waals surface area (Å²) in [5, 5.41) is 0. The summed E-state index contributed by atoms with van der Waals surface area (Å²) in [6, 6.07) is 0. The first kappa shape index (κ1) is 10.8. The summed E-state index contributed by atoms with van der Waals surface area (Å²) in [6.07, 6.45) is 3.58. The average Bonchev–Trinajstić information content (AvgIpc) is 2.30. The molecule has 4 nitrogen and oxygen atoms in total. The van der Waals surface area contributed by atoms with Gasteiger partial charge >= 0.3 is 0 Å². The number of hydrogen-bond acceptors (Lipinski definition) is 4. The third-order valence-corrected chi connectivity index (χ3v) is 3.16. The Kier molecular flexibility index (Phi) is 3.53. The lowest BCUT2D eigenvalue weighted by Crippen LogP contribution is -2.46. The monoisotopic (exact) mass is 270 g/mol. The van der Waals surface area contributed by atoms with Gasteiger partial charge in [-0.2, -0.15) is 0 Å². The van der Waals surface area contributed by atoms with E-state index in [1.54, 1.807) is 6.20 Å². The van der Waals surface area contributed by atoms with Crippen LogP contribution in [0, 0.1) is 0 Å². The SMILES string of the molecule is CCN1CCN(c2cnc(Br)cn2)CC1. The largest absolute Gasteiger partial charge is 0.353 e. The summed E-state index contributed by atoms with van der Waals surface area (Å²) in [4.78, 5) is 13.3. The van der Waals surface area contributed by atoms with Crippen molar-refractivity contribution in [1.29, 1.82) is 0 Å². The molecule has 1 aliphatic heterocycles.